The second-order valence-corrected chi connectivity index (χ2v) is 7.00. The first-order valence-corrected chi connectivity index (χ1v) is 8.14. The van der Waals surface area contributed by atoms with Crippen molar-refractivity contribution in [3.8, 4) is 0 Å². The summed E-state index contributed by atoms with van der Waals surface area (Å²) < 4.78 is 61.1. The van der Waals surface area contributed by atoms with Gasteiger partial charge in [-0.3, -0.25) is 4.79 Å². The second-order valence-electron chi connectivity index (χ2n) is 5.16. The molecule has 22 heavy (non-hydrogen) atoms. The van der Waals surface area contributed by atoms with Gasteiger partial charge in [-0.05, 0) is 18.1 Å². The molecule has 9 heteroatoms. The van der Waals surface area contributed by atoms with E-state index in [1.165, 1.54) is 23.1 Å². The minimum atomic E-state index is -4.46. The fourth-order valence-corrected chi connectivity index (χ4v) is 3.20. The second kappa shape index (κ2) is 5.88. The zero-order chi connectivity index (χ0) is 16.5. The highest BCUT2D eigenvalue weighted by Gasteiger charge is 2.37. The highest BCUT2D eigenvalue weighted by atomic mass is 32.2. The van der Waals surface area contributed by atoms with Crippen molar-refractivity contribution >= 4 is 15.9 Å². The number of carbonyl (C=O) groups excluding carboxylic acids is 1. The third-order valence-corrected chi connectivity index (χ3v) is 4.86. The Morgan fingerprint density at radius 2 is 1.91 bits per heavy atom. The lowest BCUT2D eigenvalue weighted by Gasteiger charge is -2.18. The van der Waals surface area contributed by atoms with E-state index in [9.17, 15) is 26.4 Å². The number of likely N-dealkylation sites (tertiary alicyclic amines) is 1. The van der Waals surface area contributed by atoms with Crippen LogP contribution in [0.25, 0.3) is 0 Å². The SMILES string of the molecule is NS(=O)(=O)C1CC(=O)N(CCc2ccccc2C(F)(F)F)C1. The minimum Gasteiger partial charge on any atom is -0.341 e. The zero-order valence-electron chi connectivity index (χ0n) is 11.5. The quantitative estimate of drug-likeness (QED) is 0.895. The van der Waals surface area contributed by atoms with Crippen molar-refractivity contribution in [2.75, 3.05) is 13.1 Å². The van der Waals surface area contributed by atoms with Gasteiger partial charge in [-0.2, -0.15) is 13.2 Å². The molecule has 1 amide bonds. The Morgan fingerprint density at radius 3 is 2.45 bits per heavy atom. The van der Waals surface area contributed by atoms with E-state index in [0.717, 1.165) is 6.07 Å². The Hall–Kier alpha value is -1.61. The topological polar surface area (TPSA) is 80.5 Å². The number of nitrogens with two attached hydrogens (primary N) is 1. The lowest BCUT2D eigenvalue weighted by atomic mass is 10.0. The molecule has 0 saturated carbocycles. The van der Waals surface area contributed by atoms with Gasteiger partial charge in [0.2, 0.25) is 15.9 Å². The molecule has 1 aliphatic heterocycles. The van der Waals surface area contributed by atoms with Gasteiger partial charge < -0.3 is 4.90 Å². The molecule has 1 aromatic carbocycles. The summed E-state index contributed by atoms with van der Waals surface area (Å²) in [6.45, 7) is -0.0518. The predicted molar refractivity (Wildman–Crippen MR) is 73.2 cm³/mol. The van der Waals surface area contributed by atoms with E-state index >= 15 is 0 Å². The number of hydrogen-bond donors (Lipinski definition) is 1. The summed E-state index contributed by atoms with van der Waals surface area (Å²) in [6, 6.07) is 5.11. The average molecular weight is 336 g/mol. The molecule has 1 heterocycles. The van der Waals surface area contributed by atoms with Crippen molar-refractivity contribution < 1.29 is 26.4 Å². The van der Waals surface area contributed by atoms with Gasteiger partial charge in [-0.25, -0.2) is 13.6 Å². The molecule has 0 spiro atoms. The zero-order valence-corrected chi connectivity index (χ0v) is 12.3. The molecule has 2 rings (SSSR count). The highest BCUT2D eigenvalue weighted by Crippen LogP contribution is 2.32. The molecule has 1 saturated heterocycles. The van der Waals surface area contributed by atoms with Crippen LogP contribution in [0, 0.1) is 0 Å². The number of nitrogens with zero attached hydrogens (tertiary/aromatic N) is 1. The third-order valence-electron chi connectivity index (χ3n) is 3.62. The Morgan fingerprint density at radius 1 is 1.27 bits per heavy atom. The summed E-state index contributed by atoms with van der Waals surface area (Å²) in [5.41, 5.74) is -0.675. The van der Waals surface area contributed by atoms with Gasteiger partial charge in [0.15, 0.2) is 0 Å². The summed E-state index contributed by atoms with van der Waals surface area (Å²) in [4.78, 5) is 13.0. The summed E-state index contributed by atoms with van der Waals surface area (Å²) in [6.07, 6.45) is -4.69. The first-order valence-electron chi connectivity index (χ1n) is 6.53. The van der Waals surface area contributed by atoms with Crippen LogP contribution in [-0.4, -0.2) is 37.6 Å². The fourth-order valence-electron chi connectivity index (χ4n) is 2.44. The number of benzene rings is 1. The van der Waals surface area contributed by atoms with Crippen molar-refractivity contribution in [1.29, 1.82) is 0 Å². The molecule has 1 unspecified atom stereocenters. The van der Waals surface area contributed by atoms with Gasteiger partial charge in [0.1, 0.15) is 5.25 Å². The van der Waals surface area contributed by atoms with Crippen molar-refractivity contribution in [2.24, 2.45) is 5.14 Å². The van der Waals surface area contributed by atoms with Crippen molar-refractivity contribution in [3.63, 3.8) is 0 Å². The lowest BCUT2D eigenvalue weighted by Crippen LogP contribution is -2.33. The summed E-state index contributed by atoms with van der Waals surface area (Å²) in [5, 5.41) is 4.01. The van der Waals surface area contributed by atoms with E-state index in [2.05, 4.69) is 0 Å². The first kappa shape index (κ1) is 16.8. The maximum absolute atomic E-state index is 12.9. The van der Waals surface area contributed by atoms with E-state index in [4.69, 9.17) is 5.14 Å². The molecular weight excluding hydrogens is 321 g/mol. The number of alkyl halides is 3. The number of halogens is 3. The molecule has 122 valence electrons. The van der Waals surface area contributed by atoms with Gasteiger partial charge in [-0.1, -0.05) is 18.2 Å². The van der Waals surface area contributed by atoms with Gasteiger partial charge in [-0.15, -0.1) is 0 Å². The molecule has 0 aromatic heterocycles. The normalized spacial score (nSPS) is 19.7. The number of amides is 1. The number of hydrogen-bond acceptors (Lipinski definition) is 3. The summed E-state index contributed by atoms with van der Waals surface area (Å²) >= 11 is 0. The van der Waals surface area contributed by atoms with Gasteiger partial charge in [0, 0.05) is 19.5 Å². The third kappa shape index (κ3) is 3.77. The van der Waals surface area contributed by atoms with Crippen LogP contribution in [0.4, 0.5) is 13.2 Å². The van der Waals surface area contributed by atoms with E-state index < -0.39 is 32.9 Å². The van der Waals surface area contributed by atoms with Crippen LogP contribution in [0.3, 0.4) is 0 Å². The van der Waals surface area contributed by atoms with Crippen LogP contribution in [0.5, 0.6) is 0 Å². The van der Waals surface area contributed by atoms with Crippen LogP contribution in [-0.2, 0) is 27.4 Å². The van der Waals surface area contributed by atoms with Crippen LogP contribution in [0.2, 0.25) is 0 Å². The largest absolute Gasteiger partial charge is 0.416 e. The molecule has 5 nitrogen and oxygen atoms in total. The maximum atomic E-state index is 12.9. The number of rotatable bonds is 4. The number of primary sulfonamides is 1. The van der Waals surface area contributed by atoms with Crippen LogP contribution in [0.15, 0.2) is 24.3 Å². The number of sulfonamides is 1. The van der Waals surface area contributed by atoms with Crippen LogP contribution >= 0.6 is 0 Å². The lowest BCUT2D eigenvalue weighted by molar-refractivity contribution is -0.138. The molecule has 1 aromatic rings. The minimum absolute atomic E-state index is 0.00123. The average Bonchev–Trinajstić information content (AvgIpc) is 2.77. The van der Waals surface area contributed by atoms with Crippen LogP contribution in [0.1, 0.15) is 17.5 Å². The molecule has 1 fully saturated rings. The molecular formula is C13H15F3N2O3S. The molecule has 0 bridgehead atoms. The predicted octanol–water partition coefficient (Wildman–Crippen LogP) is 1.14. The Bertz CT molecular complexity index is 673. The Labute approximate surface area is 125 Å². The van der Waals surface area contributed by atoms with Crippen molar-refractivity contribution in [3.05, 3.63) is 35.4 Å². The molecule has 1 atom stereocenters. The Kier molecular flexibility index (Phi) is 4.48. The monoisotopic (exact) mass is 336 g/mol. The molecule has 1 aliphatic rings. The maximum Gasteiger partial charge on any atom is 0.416 e. The smallest absolute Gasteiger partial charge is 0.341 e. The molecule has 0 aliphatic carbocycles. The summed E-state index contributed by atoms with van der Waals surface area (Å²) in [5.74, 6) is -0.413. The van der Waals surface area contributed by atoms with E-state index in [-0.39, 0.29) is 31.5 Å². The first-order chi connectivity index (χ1) is 10.1. The van der Waals surface area contributed by atoms with Gasteiger partial charge >= 0.3 is 6.18 Å². The van der Waals surface area contributed by atoms with Crippen LogP contribution < -0.4 is 5.14 Å². The highest BCUT2D eigenvalue weighted by molar-refractivity contribution is 7.89. The summed E-state index contributed by atoms with van der Waals surface area (Å²) in [7, 11) is -3.83. The van der Waals surface area contributed by atoms with E-state index in [1.54, 1.807) is 0 Å². The van der Waals surface area contributed by atoms with E-state index in [0.29, 0.717) is 0 Å². The van der Waals surface area contributed by atoms with Crippen molar-refractivity contribution in [2.45, 2.75) is 24.3 Å². The molecule has 0 radical (unpaired) electrons. The standard InChI is InChI=1S/C13H15F3N2O3S/c14-13(15,16)11-4-2-1-3-9(11)5-6-18-8-10(7-12(18)19)22(17,20)21/h1-4,10H,5-8H2,(H2,17,20,21). The van der Waals surface area contributed by atoms with Crippen molar-refractivity contribution in [1.82, 2.24) is 4.90 Å². The van der Waals surface area contributed by atoms with E-state index in [1.807, 2.05) is 0 Å². The van der Waals surface area contributed by atoms with Gasteiger partial charge in [0.25, 0.3) is 0 Å². The van der Waals surface area contributed by atoms with Gasteiger partial charge in [0.05, 0.1) is 5.56 Å². The fraction of sp³-hybridized carbons (Fsp3) is 0.462. The number of carbonyl (C=O) groups is 1. The molecule has 2 N–H and O–H groups in total. The Balaban J connectivity index is 2.07.